The Labute approximate surface area is 98.2 Å². The molecule has 0 radical (unpaired) electrons. The van der Waals surface area contributed by atoms with Gasteiger partial charge in [-0.2, -0.15) is 5.12 Å². The summed E-state index contributed by atoms with van der Waals surface area (Å²) >= 11 is 0. The molecule has 1 heterocycles. The van der Waals surface area contributed by atoms with Crippen LogP contribution in [0, 0.1) is 23.3 Å². The largest absolute Gasteiger partial charge is 0.237 e. The quantitative estimate of drug-likeness (QED) is 0.354. The van der Waals surface area contributed by atoms with Gasteiger partial charge in [0.25, 0.3) is 0 Å². The van der Waals surface area contributed by atoms with Gasteiger partial charge in [0.2, 0.25) is 0 Å². The summed E-state index contributed by atoms with van der Waals surface area (Å²) in [5.41, 5.74) is -1.09. The van der Waals surface area contributed by atoms with Crippen LogP contribution in [0.5, 0.6) is 0 Å². The molecule has 0 saturated heterocycles. The van der Waals surface area contributed by atoms with Gasteiger partial charge in [0, 0.05) is 12.3 Å². The summed E-state index contributed by atoms with van der Waals surface area (Å²) < 4.78 is 65.5. The van der Waals surface area contributed by atoms with Gasteiger partial charge in [-0.15, -0.1) is 0 Å². The molecule has 0 aliphatic rings. The Bertz CT molecular complexity index is 573. The van der Waals surface area contributed by atoms with Crippen molar-refractivity contribution in [3.8, 4) is 0 Å². The molecule has 0 N–H and O–H groups in total. The smallest absolute Gasteiger partial charge is 0.199 e. The molecule has 0 atom stereocenters. The second-order valence-corrected chi connectivity index (χ2v) is 3.29. The van der Waals surface area contributed by atoms with E-state index in [1.165, 1.54) is 18.3 Å². The highest BCUT2D eigenvalue weighted by Crippen LogP contribution is 2.30. The summed E-state index contributed by atoms with van der Waals surface area (Å²) in [5.74, 6) is -7.99. The van der Waals surface area contributed by atoms with E-state index in [0.29, 0.717) is 0 Å². The van der Waals surface area contributed by atoms with Gasteiger partial charge in [0.15, 0.2) is 29.1 Å². The number of anilines is 2. The van der Waals surface area contributed by atoms with Crippen LogP contribution in [0.25, 0.3) is 0 Å². The lowest BCUT2D eigenvalue weighted by Gasteiger charge is -2.14. The van der Waals surface area contributed by atoms with Crippen molar-refractivity contribution >= 4 is 11.5 Å². The van der Waals surface area contributed by atoms with Crippen molar-refractivity contribution in [1.29, 1.82) is 0 Å². The van der Waals surface area contributed by atoms with Crippen LogP contribution in [0.4, 0.5) is 33.5 Å². The number of halogens is 5. The molecule has 0 aliphatic carbocycles. The van der Waals surface area contributed by atoms with Crippen LogP contribution < -0.4 is 5.12 Å². The van der Waals surface area contributed by atoms with Gasteiger partial charge in [-0.3, -0.25) is 0 Å². The molecule has 0 bridgehead atoms. The highest BCUT2D eigenvalue weighted by atomic mass is 19.2. The Balaban J connectivity index is 2.52. The summed E-state index contributed by atoms with van der Waals surface area (Å²) in [7, 11) is 0. The van der Waals surface area contributed by atoms with Gasteiger partial charge in [0.05, 0.1) is 0 Å². The predicted octanol–water partition coefficient (Wildman–Crippen LogP) is 3.66. The number of benzene rings is 1. The standard InChI is InChI=1S/C11H5F5N2/c12-6-5-7(10(14)11(15)9(6)13)18(16)8-3-1-2-4-17-8/h1-5H. The average Bonchev–Trinajstić information content (AvgIpc) is 2.41. The number of aromatic nitrogens is 1. The second-order valence-electron chi connectivity index (χ2n) is 3.29. The zero-order valence-electron chi connectivity index (χ0n) is 8.67. The van der Waals surface area contributed by atoms with Crippen LogP contribution in [0.15, 0.2) is 30.5 Å². The first kappa shape index (κ1) is 12.3. The van der Waals surface area contributed by atoms with Gasteiger partial charge >= 0.3 is 0 Å². The Morgan fingerprint density at radius 3 is 2.28 bits per heavy atom. The van der Waals surface area contributed by atoms with Gasteiger partial charge in [0.1, 0.15) is 5.69 Å². The van der Waals surface area contributed by atoms with Gasteiger partial charge in [-0.25, -0.2) is 22.5 Å². The lowest BCUT2D eigenvalue weighted by Crippen LogP contribution is -2.10. The molecular weight excluding hydrogens is 255 g/mol. The Hall–Kier alpha value is -2.18. The molecule has 7 heteroatoms. The fraction of sp³-hybridized carbons (Fsp3) is 0. The van der Waals surface area contributed by atoms with Crippen LogP contribution in [0.3, 0.4) is 0 Å². The molecule has 18 heavy (non-hydrogen) atoms. The van der Waals surface area contributed by atoms with Gasteiger partial charge in [-0.1, -0.05) is 10.5 Å². The minimum absolute atomic E-state index is 0.211. The summed E-state index contributed by atoms with van der Waals surface area (Å²) in [6.45, 7) is 0. The Morgan fingerprint density at radius 2 is 1.67 bits per heavy atom. The molecular formula is C11H5F5N2. The number of hydrogen-bond donors (Lipinski definition) is 0. The zero-order chi connectivity index (χ0) is 13.3. The molecule has 0 spiro atoms. The van der Waals surface area contributed by atoms with Crippen LogP contribution >= 0.6 is 0 Å². The first-order valence-electron chi connectivity index (χ1n) is 4.72. The lowest BCUT2D eigenvalue weighted by atomic mass is 10.2. The highest BCUT2D eigenvalue weighted by Gasteiger charge is 2.24. The third kappa shape index (κ3) is 1.99. The van der Waals surface area contributed by atoms with Crippen molar-refractivity contribution in [1.82, 2.24) is 4.98 Å². The number of pyridine rings is 1. The Kier molecular flexibility index (Phi) is 3.14. The molecule has 2 aromatic rings. The van der Waals surface area contributed by atoms with E-state index in [4.69, 9.17) is 0 Å². The summed E-state index contributed by atoms with van der Waals surface area (Å²) in [4.78, 5) is 3.52. The van der Waals surface area contributed by atoms with Gasteiger partial charge < -0.3 is 0 Å². The molecule has 2 rings (SSSR count). The van der Waals surface area contributed by atoms with Crippen molar-refractivity contribution in [3.63, 3.8) is 0 Å². The third-order valence-corrected chi connectivity index (χ3v) is 2.15. The molecule has 0 fully saturated rings. The Morgan fingerprint density at radius 1 is 0.944 bits per heavy atom. The molecule has 1 aromatic heterocycles. The predicted molar refractivity (Wildman–Crippen MR) is 53.8 cm³/mol. The fourth-order valence-electron chi connectivity index (χ4n) is 1.30. The van der Waals surface area contributed by atoms with Crippen molar-refractivity contribution in [2.45, 2.75) is 0 Å². The molecule has 0 aliphatic heterocycles. The van der Waals surface area contributed by atoms with Crippen LogP contribution in [-0.4, -0.2) is 4.98 Å². The van der Waals surface area contributed by atoms with E-state index in [0.717, 1.165) is 6.07 Å². The maximum atomic E-state index is 13.7. The normalized spacial score (nSPS) is 10.5. The van der Waals surface area contributed by atoms with Crippen molar-refractivity contribution in [2.75, 3.05) is 5.12 Å². The fourth-order valence-corrected chi connectivity index (χ4v) is 1.30. The van der Waals surface area contributed by atoms with E-state index in [-0.39, 0.29) is 17.0 Å². The molecule has 2 nitrogen and oxygen atoms in total. The molecule has 94 valence electrons. The summed E-state index contributed by atoms with van der Waals surface area (Å²) in [6, 6.07) is 4.23. The molecule has 0 unspecified atom stereocenters. The summed E-state index contributed by atoms with van der Waals surface area (Å²) in [5, 5.41) is -0.374. The maximum Gasteiger partial charge on any atom is 0.199 e. The number of hydrogen-bond acceptors (Lipinski definition) is 2. The van der Waals surface area contributed by atoms with E-state index in [2.05, 4.69) is 4.98 Å². The lowest BCUT2D eigenvalue weighted by molar-refractivity contribution is 0.399. The van der Waals surface area contributed by atoms with Crippen LogP contribution in [0.1, 0.15) is 0 Å². The number of rotatable bonds is 2. The van der Waals surface area contributed by atoms with Crippen molar-refractivity contribution in [2.24, 2.45) is 0 Å². The average molecular weight is 260 g/mol. The van der Waals surface area contributed by atoms with E-state index in [1.54, 1.807) is 0 Å². The van der Waals surface area contributed by atoms with Crippen LogP contribution in [0.2, 0.25) is 0 Å². The van der Waals surface area contributed by atoms with E-state index < -0.39 is 29.0 Å². The topological polar surface area (TPSA) is 16.1 Å². The zero-order valence-corrected chi connectivity index (χ0v) is 8.67. The minimum Gasteiger partial charge on any atom is -0.237 e. The second kappa shape index (κ2) is 4.59. The monoisotopic (exact) mass is 260 g/mol. The molecule has 0 amide bonds. The van der Waals surface area contributed by atoms with Crippen molar-refractivity contribution < 1.29 is 22.0 Å². The molecule has 0 saturated carbocycles. The third-order valence-electron chi connectivity index (χ3n) is 2.15. The maximum absolute atomic E-state index is 13.7. The SMILES string of the molecule is Fc1cc(N(F)c2ccccn2)c(F)c(F)c1F. The first-order valence-corrected chi connectivity index (χ1v) is 4.72. The highest BCUT2D eigenvalue weighted by molar-refractivity contribution is 5.57. The minimum atomic E-state index is -2.08. The molecule has 1 aromatic carbocycles. The van der Waals surface area contributed by atoms with Crippen LogP contribution in [-0.2, 0) is 0 Å². The van der Waals surface area contributed by atoms with E-state index >= 15 is 0 Å². The van der Waals surface area contributed by atoms with Crippen molar-refractivity contribution in [3.05, 3.63) is 53.7 Å². The number of nitrogens with zero attached hydrogens (tertiary/aromatic N) is 2. The first-order chi connectivity index (χ1) is 8.52. The van der Waals surface area contributed by atoms with E-state index in [1.807, 2.05) is 0 Å². The van der Waals surface area contributed by atoms with E-state index in [9.17, 15) is 22.0 Å². The summed E-state index contributed by atoms with van der Waals surface area (Å²) in [6.07, 6.45) is 1.20. The van der Waals surface area contributed by atoms with Gasteiger partial charge in [-0.05, 0) is 12.1 Å².